The molecule has 0 saturated carbocycles. The van der Waals surface area contributed by atoms with E-state index in [-0.39, 0.29) is 6.09 Å². The van der Waals surface area contributed by atoms with Gasteiger partial charge in [0.05, 0.1) is 17.4 Å². The van der Waals surface area contributed by atoms with E-state index in [1.54, 1.807) is 23.5 Å². The van der Waals surface area contributed by atoms with E-state index >= 15 is 0 Å². The molecular weight excluding hydrogens is 242 g/mol. The summed E-state index contributed by atoms with van der Waals surface area (Å²) in [6.07, 6.45) is 6.57. The summed E-state index contributed by atoms with van der Waals surface area (Å²) in [5.74, 6) is 0. The predicted octanol–water partition coefficient (Wildman–Crippen LogP) is 2.72. The van der Waals surface area contributed by atoms with Crippen LogP contribution in [0.15, 0.2) is 18.6 Å². The van der Waals surface area contributed by atoms with Crippen molar-refractivity contribution >= 4 is 6.09 Å². The SMILES string of the molecule is CC(C)(C)OC(=O)N1CCCC1(C)c1cnccn1. The second-order valence-electron chi connectivity index (χ2n) is 6.10. The van der Waals surface area contributed by atoms with Crippen LogP contribution in [0.3, 0.4) is 0 Å². The molecule has 1 saturated heterocycles. The normalized spacial score (nSPS) is 23.5. The topological polar surface area (TPSA) is 55.3 Å². The molecule has 1 fully saturated rings. The van der Waals surface area contributed by atoms with E-state index in [0.717, 1.165) is 18.5 Å². The van der Waals surface area contributed by atoms with E-state index in [1.807, 2.05) is 27.7 Å². The number of amides is 1. The lowest BCUT2D eigenvalue weighted by molar-refractivity contribution is 0.00922. The molecule has 2 rings (SSSR count). The summed E-state index contributed by atoms with van der Waals surface area (Å²) in [4.78, 5) is 22.5. The summed E-state index contributed by atoms with van der Waals surface area (Å²) in [6, 6.07) is 0. The highest BCUT2D eigenvalue weighted by molar-refractivity contribution is 5.70. The van der Waals surface area contributed by atoms with Gasteiger partial charge in [0.25, 0.3) is 0 Å². The molecule has 0 radical (unpaired) electrons. The predicted molar refractivity (Wildman–Crippen MR) is 71.6 cm³/mol. The van der Waals surface area contributed by atoms with Gasteiger partial charge in [0.2, 0.25) is 0 Å². The van der Waals surface area contributed by atoms with Crippen molar-refractivity contribution < 1.29 is 9.53 Å². The Balaban J connectivity index is 2.24. The van der Waals surface area contributed by atoms with Crippen LogP contribution in [-0.4, -0.2) is 33.1 Å². The average molecular weight is 263 g/mol. The Kier molecular flexibility index (Phi) is 3.47. The molecule has 2 heterocycles. The van der Waals surface area contributed by atoms with Crippen molar-refractivity contribution in [2.24, 2.45) is 0 Å². The Morgan fingerprint density at radius 2 is 2.16 bits per heavy atom. The second-order valence-corrected chi connectivity index (χ2v) is 6.10. The Morgan fingerprint density at radius 3 is 2.74 bits per heavy atom. The first-order chi connectivity index (χ1) is 8.83. The third kappa shape index (κ3) is 2.85. The number of ether oxygens (including phenoxy) is 1. The van der Waals surface area contributed by atoms with E-state index in [4.69, 9.17) is 4.74 Å². The first-order valence-electron chi connectivity index (χ1n) is 6.60. The molecule has 1 amide bonds. The van der Waals surface area contributed by atoms with Crippen molar-refractivity contribution in [3.8, 4) is 0 Å². The lowest BCUT2D eigenvalue weighted by Gasteiger charge is -2.35. The van der Waals surface area contributed by atoms with Gasteiger partial charge in [-0.1, -0.05) is 0 Å². The summed E-state index contributed by atoms with van der Waals surface area (Å²) in [6.45, 7) is 8.35. The fraction of sp³-hybridized carbons (Fsp3) is 0.643. The van der Waals surface area contributed by atoms with Crippen molar-refractivity contribution in [2.45, 2.75) is 51.7 Å². The Labute approximate surface area is 114 Å². The number of rotatable bonds is 1. The zero-order chi connectivity index (χ0) is 14.1. The Morgan fingerprint density at radius 1 is 1.42 bits per heavy atom. The molecule has 0 aromatic carbocycles. The summed E-state index contributed by atoms with van der Waals surface area (Å²) < 4.78 is 5.48. The van der Waals surface area contributed by atoms with Gasteiger partial charge in [0.1, 0.15) is 5.60 Å². The van der Waals surface area contributed by atoms with Crippen LogP contribution in [0.4, 0.5) is 4.79 Å². The quantitative estimate of drug-likeness (QED) is 0.781. The number of likely N-dealkylation sites (tertiary alicyclic amines) is 1. The lowest BCUT2D eigenvalue weighted by Crippen LogP contribution is -2.45. The van der Waals surface area contributed by atoms with Crippen LogP contribution < -0.4 is 0 Å². The van der Waals surface area contributed by atoms with Crippen LogP contribution in [0, 0.1) is 0 Å². The molecule has 0 N–H and O–H groups in total. The van der Waals surface area contributed by atoms with Crippen molar-refractivity contribution in [3.05, 3.63) is 24.3 Å². The third-order valence-electron chi connectivity index (χ3n) is 3.37. The van der Waals surface area contributed by atoms with E-state index in [0.29, 0.717) is 6.54 Å². The summed E-state index contributed by atoms with van der Waals surface area (Å²) >= 11 is 0. The maximum absolute atomic E-state index is 12.3. The molecule has 5 heteroatoms. The van der Waals surface area contributed by atoms with E-state index in [9.17, 15) is 4.79 Å². The van der Waals surface area contributed by atoms with Crippen molar-refractivity contribution in [3.63, 3.8) is 0 Å². The second kappa shape index (κ2) is 4.79. The molecule has 1 aliphatic rings. The zero-order valence-electron chi connectivity index (χ0n) is 12.0. The smallest absolute Gasteiger partial charge is 0.411 e. The average Bonchev–Trinajstić information content (AvgIpc) is 2.72. The number of nitrogens with zero attached hydrogens (tertiary/aromatic N) is 3. The number of hydrogen-bond donors (Lipinski definition) is 0. The molecule has 1 aromatic rings. The third-order valence-corrected chi connectivity index (χ3v) is 3.37. The fourth-order valence-corrected chi connectivity index (χ4v) is 2.42. The Bertz CT molecular complexity index is 456. The molecule has 0 spiro atoms. The fourth-order valence-electron chi connectivity index (χ4n) is 2.42. The van der Waals surface area contributed by atoms with Gasteiger partial charge in [-0.05, 0) is 40.5 Å². The van der Waals surface area contributed by atoms with Gasteiger partial charge in [-0.15, -0.1) is 0 Å². The zero-order valence-corrected chi connectivity index (χ0v) is 12.0. The first-order valence-corrected chi connectivity index (χ1v) is 6.60. The lowest BCUT2D eigenvalue weighted by atomic mass is 9.95. The largest absolute Gasteiger partial charge is 0.444 e. The summed E-state index contributed by atoms with van der Waals surface area (Å²) in [5, 5.41) is 0. The van der Waals surface area contributed by atoms with Crippen LogP contribution in [-0.2, 0) is 10.3 Å². The molecule has 5 nitrogen and oxygen atoms in total. The number of hydrogen-bond acceptors (Lipinski definition) is 4. The van der Waals surface area contributed by atoms with Crippen LogP contribution >= 0.6 is 0 Å². The highest BCUT2D eigenvalue weighted by atomic mass is 16.6. The van der Waals surface area contributed by atoms with E-state index in [1.165, 1.54) is 0 Å². The number of carbonyl (C=O) groups excluding carboxylic acids is 1. The maximum Gasteiger partial charge on any atom is 0.411 e. The highest BCUT2D eigenvalue weighted by Crippen LogP contribution is 2.37. The van der Waals surface area contributed by atoms with Gasteiger partial charge in [0, 0.05) is 18.9 Å². The number of aromatic nitrogens is 2. The molecule has 0 bridgehead atoms. The minimum atomic E-state index is -0.483. The van der Waals surface area contributed by atoms with Crippen LogP contribution in [0.1, 0.15) is 46.2 Å². The van der Waals surface area contributed by atoms with Gasteiger partial charge < -0.3 is 4.74 Å². The van der Waals surface area contributed by atoms with Gasteiger partial charge in [-0.25, -0.2) is 4.79 Å². The molecule has 19 heavy (non-hydrogen) atoms. The minimum Gasteiger partial charge on any atom is -0.444 e. The van der Waals surface area contributed by atoms with Crippen molar-refractivity contribution in [2.75, 3.05) is 6.54 Å². The van der Waals surface area contributed by atoms with Gasteiger partial charge in [-0.2, -0.15) is 0 Å². The standard InChI is InChI=1S/C14H21N3O2/c1-13(2,3)19-12(18)17-9-5-6-14(17,4)11-10-15-7-8-16-11/h7-8,10H,5-6,9H2,1-4H3. The molecule has 1 atom stereocenters. The van der Waals surface area contributed by atoms with Crippen molar-refractivity contribution in [1.82, 2.24) is 14.9 Å². The highest BCUT2D eigenvalue weighted by Gasteiger charge is 2.44. The van der Waals surface area contributed by atoms with E-state index in [2.05, 4.69) is 9.97 Å². The summed E-state index contributed by atoms with van der Waals surface area (Å²) in [5.41, 5.74) is -0.0853. The monoisotopic (exact) mass is 263 g/mol. The number of carbonyl (C=O) groups is 1. The van der Waals surface area contributed by atoms with Crippen LogP contribution in [0.2, 0.25) is 0 Å². The molecule has 1 aromatic heterocycles. The van der Waals surface area contributed by atoms with Gasteiger partial charge >= 0.3 is 6.09 Å². The minimum absolute atomic E-state index is 0.279. The van der Waals surface area contributed by atoms with E-state index < -0.39 is 11.1 Å². The maximum atomic E-state index is 12.3. The molecule has 0 aliphatic carbocycles. The van der Waals surface area contributed by atoms with Crippen molar-refractivity contribution in [1.29, 1.82) is 0 Å². The molecule has 1 aliphatic heterocycles. The molecule has 1 unspecified atom stereocenters. The van der Waals surface area contributed by atoms with Gasteiger partial charge in [-0.3, -0.25) is 14.9 Å². The van der Waals surface area contributed by atoms with Gasteiger partial charge in [0.15, 0.2) is 0 Å². The first kappa shape index (κ1) is 13.8. The Hall–Kier alpha value is -1.65. The molecular formula is C14H21N3O2. The summed E-state index contributed by atoms with van der Waals surface area (Å²) in [7, 11) is 0. The van der Waals surface area contributed by atoms with Crippen LogP contribution in [0.5, 0.6) is 0 Å². The molecule has 104 valence electrons. The van der Waals surface area contributed by atoms with Crippen LogP contribution in [0.25, 0.3) is 0 Å².